The molecule has 0 saturated carbocycles. The first-order valence-corrected chi connectivity index (χ1v) is 11.1. The SMILES string of the molecule is COCCNS(=O)(=O)c1ccc(CNc2ncnc3c2cnn3-c2ccccc2)cc1. The zero-order valence-electron chi connectivity index (χ0n) is 16.9. The summed E-state index contributed by atoms with van der Waals surface area (Å²) in [5.74, 6) is 0.658. The van der Waals surface area contributed by atoms with Gasteiger partial charge in [0, 0.05) is 20.2 Å². The number of fused-ring (bicyclic) bond motifs is 1. The van der Waals surface area contributed by atoms with Crippen LogP contribution in [0.1, 0.15) is 5.56 Å². The second-order valence-electron chi connectivity index (χ2n) is 6.74. The second-order valence-corrected chi connectivity index (χ2v) is 8.51. The number of anilines is 1. The monoisotopic (exact) mass is 438 g/mol. The summed E-state index contributed by atoms with van der Waals surface area (Å²) in [6, 6.07) is 16.4. The van der Waals surface area contributed by atoms with Crippen molar-refractivity contribution < 1.29 is 13.2 Å². The summed E-state index contributed by atoms with van der Waals surface area (Å²) in [5.41, 5.74) is 2.53. The number of hydrogen-bond donors (Lipinski definition) is 2. The van der Waals surface area contributed by atoms with E-state index in [1.54, 1.807) is 35.1 Å². The van der Waals surface area contributed by atoms with Gasteiger partial charge in [0.15, 0.2) is 5.65 Å². The number of benzene rings is 2. The van der Waals surface area contributed by atoms with E-state index in [0.717, 1.165) is 16.6 Å². The molecular formula is C21H22N6O3S. The van der Waals surface area contributed by atoms with Crippen molar-refractivity contribution in [2.75, 3.05) is 25.6 Å². The van der Waals surface area contributed by atoms with Crippen molar-refractivity contribution in [3.8, 4) is 5.69 Å². The Balaban J connectivity index is 1.48. The van der Waals surface area contributed by atoms with Gasteiger partial charge in [-0.15, -0.1) is 0 Å². The van der Waals surface area contributed by atoms with Crippen molar-refractivity contribution in [2.45, 2.75) is 11.4 Å². The fourth-order valence-electron chi connectivity index (χ4n) is 3.08. The van der Waals surface area contributed by atoms with Gasteiger partial charge < -0.3 is 10.1 Å². The van der Waals surface area contributed by atoms with Gasteiger partial charge >= 0.3 is 0 Å². The number of aromatic nitrogens is 4. The minimum Gasteiger partial charge on any atom is -0.383 e. The van der Waals surface area contributed by atoms with Crippen LogP contribution in [-0.4, -0.2) is 48.4 Å². The molecule has 0 aliphatic rings. The van der Waals surface area contributed by atoms with Crippen LogP contribution >= 0.6 is 0 Å². The molecule has 0 spiro atoms. The number of methoxy groups -OCH3 is 1. The average molecular weight is 439 g/mol. The molecule has 0 fully saturated rings. The summed E-state index contributed by atoms with van der Waals surface area (Å²) in [6.07, 6.45) is 3.22. The van der Waals surface area contributed by atoms with Crippen LogP contribution in [0.3, 0.4) is 0 Å². The zero-order chi connectivity index (χ0) is 21.7. The Morgan fingerprint density at radius 3 is 2.55 bits per heavy atom. The third-order valence-corrected chi connectivity index (χ3v) is 6.14. The Bertz CT molecular complexity index is 1260. The maximum atomic E-state index is 12.3. The van der Waals surface area contributed by atoms with E-state index in [0.29, 0.717) is 24.6 Å². The van der Waals surface area contributed by atoms with Gasteiger partial charge in [0.1, 0.15) is 12.1 Å². The standard InChI is InChI=1S/C21H22N6O3S/c1-30-12-11-26-31(28,29)18-9-7-16(8-10-18)13-22-20-19-14-25-27(21(19)24-15-23-20)17-5-3-2-4-6-17/h2-10,14-15,26H,11-13H2,1H3,(H,22,23,24). The number of sulfonamides is 1. The van der Waals surface area contributed by atoms with Crippen LogP contribution in [0.25, 0.3) is 16.7 Å². The van der Waals surface area contributed by atoms with Crippen LogP contribution in [0.15, 0.2) is 72.0 Å². The highest BCUT2D eigenvalue weighted by molar-refractivity contribution is 7.89. The molecule has 4 aromatic rings. The summed E-state index contributed by atoms with van der Waals surface area (Å²) in [7, 11) is -2.03. The molecule has 0 aliphatic heterocycles. The minimum absolute atomic E-state index is 0.209. The Kier molecular flexibility index (Phi) is 6.21. The van der Waals surface area contributed by atoms with Crippen molar-refractivity contribution in [1.82, 2.24) is 24.5 Å². The Morgan fingerprint density at radius 2 is 1.81 bits per heavy atom. The molecule has 10 heteroatoms. The van der Waals surface area contributed by atoms with Gasteiger partial charge in [-0.1, -0.05) is 30.3 Å². The number of nitrogens with zero attached hydrogens (tertiary/aromatic N) is 4. The molecule has 2 aromatic heterocycles. The average Bonchev–Trinajstić information content (AvgIpc) is 3.23. The normalized spacial score (nSPS) is 11.6. The molecule has 2 N–H and O–H groups in total. The Labute approximate surface area is 180 Å². The molecule has 0 bridgehead atoms. The predicted molar refractivity (Wildman–Crippen MR) is 117 cm³/mol. The molecule has 2 aromatic carbocycles. The largest absolute Gasteiger partial charge is 0.383 e. The Hall–Kier alpha value is -3.34. The maximum Gasteiger partial charge on any atom is 0.240 e. The van der Waals surface area contributed by atoms with Crippen LogP contribution in [0.4, 0.5) is 5.82 Å². The number of ether oxygens (including phenoxy) is 1. The van der Waals surface area contributed by atoms with Crippen LogP contribution in [0, 0.1) is 0 Å². The van der Waals surface area contributed by atoms with Crippen LogP contribution in [-0.2, 0) is 21.3 Å². The summed E-state index contributed by atoms with van der Waals surface area (Å²) in [5, 5.41) is 8.52. The topological polar surface area (TPSA) is 111 Å². The first kappa shape index (κ1) is 20.9. The second kappa shape index (κ2) is 9.21. The maximum absolute atomic E-state index is 12.3. The quantitative estimate of drug-likeness (QED) is 0.386. The molecule has 0 amide bonds. The molecular weight excluding hydrogens is 416 g/mol. The van der Waals surface area contributed by atoms with E-state index in [4.69, 9.17) is 4.74 Å². The van der Waals surface area contributed by atoms with Crippen molar-refractivity contribution in [1.29, 1.82) is 0 Å². The molecule has 160 valence electrons. The first-order chi connectivity index (χ1) is 15.1. The summed E-state index contributed by atoms with van der Waals surface area (Å²) < 4.78 is 33.6. The molecule has 0 atom stereocenters. The van der Waals surface area contributed by atoms with Crippen molar-refractivity contribution >= 4 is 26.9 Å². The number of nitrogens with one attached hydrogen (secondary N) is 2. The van der Waals surface area contributed by atoms with Crippen molar-refractivity contribution in [2.24, 2.45) is 0 Å². The molecule has 4 rings (SSSR count). The highest BCUT2D eigenvalue weighted by Gasteiger charge is 2.14. The van der Waals surface area contributed by atoms with Gasteiger partial charge in [0.25, 0.3) is 0 Å². The highest BCUT2D eigenvalue weighted by atomic mass is 32.2. The van der Waals surface area contributed by atoms with Crippen LogP contribution < -0.4 is 10.0 Å². The Morgan fingerprint density at radius 1 is 1.03 bits per heavy atom. The lowest BCUT2D eigenvalue weighted by atomic mass is 10.2. The van der Waals surface area contributed by atoms with Gasteiger partial charge in [0.2, 0.25) is 10.0 Å². The lowest BCUT2D eigenvalue weighted by Crippen LogP contribution is -2.27. The predicted octanol–water partition coefficient (Wildman–Crippen LogP) is 2.35. The van der Waals surface area contributed by atoms with E-state index in [-0.39, 0.29) is 11.4 Å². The van der Waals surface area contributed by atoms with Gasteiger partial charge in [0.05, 0.1) is 28.8 Å². The molecule has 0 saturated heterocycles. The summed E-state index contributed by atoms with van der Waals surface area (Å²) in [4.78, 5) is 8.91. The summed E-state index contributed by atoms with van der Waals surface area (Å²) >= 11 is 0. The van der Waals surface area contributed by atoms with Gasteiger partial charge in [-0.2, -0.15) is 5.10 Å². The third-order valence-electron chi connectivity index (χ3n) is 4.66. The fraction of sp³-hybridized carbons (Fsp3) is 0.190. The van der Waals surface area contributed by atoms with Crippen molar-refractivity contribution in [3.05, 3.63) is 72.7 Å². The molecule has 2 heterocycles. The first-order valence-electron chi connectivity index (χ1n) is 9.64. The minimum atomic E-state index is -3.55. The smallest absolute Gasteiger partial charge is 0.240 e. The van der Waals surface area contributed by atoms with E-state index in [1.807, 2.05) is 30.3 Å². The van der Waals surface area contributed by atoms with E-state index in [2.05, 4.69) is 25.1 Å². The lowest BCUT2D eigenvalue weighted by molar-refractivity contribution is 0.204. The van der Waals surface area contributed by atoms with Crippen LogP contribution in [0.5, 0.6) is 0 Å². The summed E-state index contributed by atoms with van der Waals surface area (Å²) in [6.45, 7) is 1.01. The lowest BCUT2D eigenvalue weighted by Gasteiger charge is -2.09. The van der Waals surface area contributed by atoms with Crippen molar-refractivity contribution in [3.63, 3.8) is 0 Å². The van der Waals surface area contributed by atoms with E-state index in [9.17, 15) is 8.42 Å². The van der Waals surface area contributed by atoms with Gasteiger partial charge in [-0.3, -0.25) is 0 Å². The molecule has 0 radical (unpaired) electrons. The van der Waals surface area contributed by atoms with E-state index in [1.165, 1.54) is 13.4 Å². The zero-order valence-corrected chi connectivity index (χ0v) is 17.7. The van der Waals surface area contributed by atoms with E-state index < -0.39 is 10.0 Å². The number of hydrogen-bond acceptors (Lipinski definition) is 7. The van der Waals surface area contributed by atoms with Gasteiger partial charge in [-0.05, 0) is 29.8 Å². The van der Waals surface area contributed by atoms with Gasteiger partial charge in [-0.25, -0.2) is 27.8 Å². The van der Waals surface area contributed by atoms with E-state index >= 15 is 0 Å². The fourth-order valence-corrected chi connectivity index (χ4v) is 4.09. The molecule has 9 nitrogen and oxygen atoms in total. The number of para-hydroxylation sites is 1. The molecule has 31 heavy (non-hydrogen) atoms. The molecule has 0 unspecified atom stereocenters. The third kappa shape index (κ3) is 4.71. The molecule has 0 aliphatic carbocycles. The highest BCUT2D eigenvalue weighted by Crippen LogP contribution is 2.22. The number of rotatable bonds is 9. The van der Waals surface area contributed by atoms with Crippen LogP contribution in [0.2, 0.25) is 0 Å².